The average Bonchev–Trinajstić information content (AvgIpc) is 3.02. The van der Waals surface area contributed by atoms with Gasteiger partial charge < -0.3 is 11.1 Å². The van der Waals surface area contributed by atoms with Crippen LogP contribution in [0.4, 0.5) is 5.69 Å². The van der Waals surface area contributed by atoms with Crippen LogP contribution in [0.5, 0.6) is 0 Å². The highest BCUT2D eigenvalue weighted by Crippen LogP contribution is 2.31. The molecule has 3 rings (SSSR count). The van der Waals surface area contributed by atoms with E-state index in [2.05, 4.69) is 34.5 Å². The Balaban J connectivity index is 1.64. The molecule has 132 valence electrons. The first-order valence-corrected chi connectivity index (χ1v) is 8.92. The molecule has 1 aliphatic rings. The lowest BCUT2D eigenvalue weighted by atomic mass is 9.89. The largest absolute Gasteiger partial charge is 0.330 e. The van der Waals surface area contributed by atoms with Gasteiger partial charge in [0.2, 0.25) is 5.91 Å². The molecule has 1 aliphatic heterocycles. The van der Waals surface area contributed by atoms with E-state index < -0.39 is 0 Å². The van der Waals surface area contributed by atoms with Crippen molar-refractivity contribution in [1.29, 1.82) is 0 Å². The summed E-state index contributed by atoms with van der Waals surface area (Å²) in [5, 5.41) is 3.08. The van der Waals surface area contributed by atoms with Gasteiger partial charge in [0, 0.05) is 24.7 Å². The molecule has 0 radical (unpaired) electrons. The number of carbonyl (C=O) groups excluding carboxylic acids is 1. The van der Waals surface area contributed by atoms with Crippen LogP contribution >= 0.6 is 0 Å². The number of nitrogens with zero attached hydrogens (tertiary/aromatic N) is 1. The molecule has 2 aromatic carbocycles. The molecular formula is C21H27N3O. The van der Waals surface area contributed by atoms with E-state index in [4.69, 9.17) is 5.73 Å². The van der Waals surface area contributed by atoms with Crippen LogP contribution in [0.15, 0.2) is 48.5 Å². The smallest absolute Gasteiger partial charge is 0.238 e. The fourth-order valence-corrected chi connectivity index (χ4v) is 3.80. The van der Waals surface area contributed by atoms with Gasteiger partial charge in [-0.15, -0.1) is 0 Å². The quantitative estimate of drug-likeness (QED) is 0.882. The fraction of sp³-hybridized carbons (Fsp3) is 0.381. The van der Waals surface area contributed by atoms with Gasteiger partial charge in [0.15, 0.2) is 0 Å². The molecule has 0 bridgehead atoms. The van der Waals surface area contributed by atoms with Crippen molar-refractivity contribution in [3.8, 4) is 0 Å². The zero-order chi connectivity index (χ0) is 17.8. The van der Waals surface area contributed by atoms with E-state index in [1.807, 2.05) is 38.1 Å². The summed E-state index contributed by atoms with van der Waals surface area (Å²) in [6.07, 6.45) is 0. The summed E-state index contributed by atoms with van der Waals surface area (Å²) in [4.78, 5) is 14.7. The third-order valence-electron chi connectivity index (χ3n) is 5.16. The van der Waals surface area contributed by atoms with E-state index in [9.17, 15) is 4.79 Å². The Labute approximate surface area is 150 Å². The number of anilines is 1. The molecule has 3 N–H and O–H groups in total. The Kier molecular flexibility index (Phi) is 5.51. The maximum absolute atomic E-state index is 12.5. The lowest BCUT2D eigenvalue weighted by molar-refractivity contribution is -0.117. The highest BCUT2D eigenvalue weighted by molar-refractivity contribution is 5.93. The third-order valence-corrected chi connectivity index (χ3v) is 5.16. The Bertz CT molecular complexity index is 709. The van der Waals surface area contributed by atoms with Crippen molar-refractivity contribution < 1.29 is 4.79 Å². The lowest BCUT2D eigenvalue weighted by Gasteiger charge is -2.17. The first-order chi connectivity index (χ1) is 12.1. The number of rotatable bonds is 5. The number of nitrogens with one attached hydrogen (secondary N) is 1. The van der Waals surface area contributed by atoms with Gasteiger partial charge in [0.25, 0.3) is 0 Å². The SMILES string of the molecule is Cc1cccc(C)c1NC(=O)CN1C[C@@H](CN)[C@H](c2ccccc2)C1. The molecule has 4 nitrogen and oxygen atoms in total. The molecule has 25 heavy (non-hydrogen) atoms. The van der Waals surface area contributed by atoms with Crippen molar-refractivity contribution in [3.63, 3.8) is 0 Å². The molecule has 1 fully saturated rings. The van der Waals surface area contributed by atoms with E-state index in [-0.39, 0.29) is 5.91 Å². The van der Waals surface area contributed by atoms with Gasteiger partial charge in [0.05, 0.1) is 6.54 Å². The second-order valence-corrected chi connectivity index (χ2v) is 7.02. The van der Waals surface area contributed by atoms with Crippen molar-refractivity contribution in [3.05, 3.63) is 65.2 Å². The number of nitrogens with two attached hydrogens (primary N) is 1. The summed E-state index contributed by atoms with van der Waals surface area (Å²) >= 11 is 0. The zero-order valence-electron chi connectivity index (χ0n) is 15.0. The van der Waals surface area contributed by atoms with Crippen LogP contribution in [0.25, 0.3) is 0 Å². The zero-order valence-corrected chi connectivity index (χ0v) is 15.0. The van der Waals surface area contributed by atoms with Crippen molar-refractivity contribution in [2.75, 3.05) is 31.5 Å². The molecular weight excluding hydrogens is 310 g/mol. The van der Waals surface area contributed by atoms with Crippen molar-refractivity contribution in [2.24, 2.45) is 11.7 Å². The highest BCUT2D eigenvalue weighted by Gasteiger charge is 2.33. The van der Waals surface area contributed by atoms with E-state index in [0.717, 1.165) is 29.9 Å². The fourth-order valence-electron chi connectivity index (χ4n) is 3.80. The molecule has 0 saturated carbocycles. The van der Waals surface area contributed by atoms with Gasteiger partial charge in [-0.3, -0.25) is 9.69 Å². The maximum atomic E-state index is 12.5. The van der Waals surface area contributed by atoms with Gasteiger partial charge in [-0.1, -0.05) is 48.5 Å². The molecule has 0 aromatic heterocycles. The first-order valence-electron chi connectivity index (χ1n) is 8.92. The molecule has 1 saturated heterocycles. The average molecular weight is 337 g/mol. The maximum Gasteiger partial charge on any atom is 0.238 e. The van der Waals surface area contributed by atoms with Crippen LogP contribution in [0, 0.1) is 19.8 Å². The number of likely N-dealkylation sites (tertiary alicyclic amines) is 1. The number of para-hydroxylation sites is 1. The van der Waals surface area contributed by atoms with Gasteiger partial charge in [-0.2, -0.15) is 0 Å². The van der Waals surface area contributed by atoms with E-state index in [1.165, 1.54) is 5.56 Å². The Morgan fingerprint density at radius 2 is 1.76 bits per heavy atom. The van der Waals surface area contributed by atoms with Crippen LogP contribution in [0.3, 0.4) is 0 Å². The van der Waals surface area contributed by atoms with Crippen LogP contribution in [-0.4, -0.2) is 37.0 Å². The molecule has 0 unspecified atom stereocenters. The Morgan fingerprint density at radius 1 is 1.08 bits per heavy atom. The number of amides is 1. The molecule has 2 atom stereocenters. The standard InChI is InChI=1S/C21H27N3O/c1-15-7-6-8-16(2)21(15)23-20(25)14-24-12-18(11-22)19(13-24)17-9-4-3-5-10-17/h3-10,18-19H,11-14,22H2,1-2H3,(H,23,25)/t18-,19+/m1/s1. The summed E-state index contributed by atoms with van der Waals surface area (Å²) in [6, 6.07) is 16.5. The predicted molar refractivity (Wildman–Crippen MR) is 103 cm³/mol. The first kappa shape index (κ1) is 17.6. The number of benzene rings is 2. The molecule has 0 aliphatic carbocycles. The van der Waals surface area contributed by atoms with Gasteiger partial charge in [0.1, 0.15) is 0 Å². The van der Waals surface area contributed by atoms with Gasteiger partial charge in [-0.05, 0) is 43.0 Å². The highest BCUT2D eigenvalue weighted by atomic mass is 16.2. The summed E-state index contributed by atoms with van der Waals surface area (Å²) in [6.45, 7) is 6.85. The number of aryl methyl sites for hydroxylation is 2. The predicted octanol–water partition coefficient (Wildman–Crippen LogP) is 2.92. The molecule has 4 heteroatoms. The van der Waals surface area contributed by atoms with E-state index in [0.29, 0.717) is 24.9 Å². The Hall–Kier alpha value is -2.17. The van der Waals surface area contributed by atoms with Crippen molar-refractivity contribution >= 4 is 11.6 Å². The van der Waals surface area contributed by atoms with Crippen LogP contribution in [0.2, 0.25) is 0 Å². The van der Waals surface area contributed by atoms with E-state index in [1.54, 1.807) is 0 Å². The normalized spacial score (nSPS) is 20.6. The number of hydrogen-bond acceptors (Lipinski definition) is 3. The summed E-state index contributed by atoms with van der Waals surface area (Å²) in [5.74, 6) is 0.844. The summed E-state index contributed by atoms with van der Waals surface area (Å²) in [7, 11) is 0. The molecule has 0 spiro atoms. The van der Waals surface area contributed by atoms with Gasteiger partial charge in [-0.25, -0.2) is 0 Å². The number of hydrogen-bond donors (Lipinski definition) is 2. The second-order valence-electron chi connectivity index (χ2n) is 7.02. The minimum Gasteiger partial charge on any atom is -0.330 e. The van der Waals surface area contributed by atoms with Crippen LogP contribution < -0.4 is 11.1 Å². The minimum absolute atomic E-state index is 0.0434. The van der Waals surface area contributed by atoms with Gasteiger partial charge >= 0.3 is 0 Å². The topological polar surface area (TPSA) is 58.4 Å². The second kappa shape index (κ2) is 7.81. The number of carbonyl (C=O) groups is 1. The Morgan fingerprint density at radius 3 is 2.40 bits per heavy atom. The molecule has 2 aromatic rings. The summed E-state index contributed by atoms with van der Waals surface area (Å²) in [5.41, 5.74) is 10.4. The lowest BCUT2D eigenvalue weighted by Crippen LogP contribution is -2.32. The molecule has 1 amide bonds. The van der Waals surface area contributed by atoms with Crippen molar-refractivity contribution in [1.82, 2.24) is 4.90 Å². The summed E-state index contributed by atoms with van der Waals surface area (Å²) < 4.78 is 0. The minimum atomic E-state index is 0.0434. The third kappa shape index (κ3) is 4.09. The van der Waals surface area contributed by atoms with E-state index >= 15 is 0 Å². The van der Waals surface area contributed by atoms with Crippen LogP contribution in [0.1, 0.15) is 22.6 Å². The van der Waals surface area contributed by atoms with Crippen LogP contribution in [-0.2, 0) is 4.79 Å². The van der Waals surface area contributed by atoms with Crippen molar-refractivity contribution in [2.45, 2.75) is 19.8 Å². The molecule has 1 heterocycles. The monoisotopic (exact) mass is 337 g/mol.